The molecule has 1 heterocycles. The van der Waals surface area contributed by atoms with Gasteiger partial charge in [-0.15, -0.1) is 11.8 Å². The molecule has 0 unspecified atom stereocenters. The molecule has 0 atom stereocenters. The van der Waals surface area contributed by atoms with Crippen LogP contribution >= 0.6 is 11.8 Å². The van der Waals surface area contributed by atoms with E-state index in [2.05, 4.69) is 4.74 Å². The van der Waals surface area contributed by atoms with Crippen molar-refractivity contribution in [2.75, 3.05) is 12.8 Å². The maximum absolute atomic E-state index is 12.1. The smallest absolute Gasteiger partial charge is 0.387 e. The first-order chi connectivity index (χ1) is 11.0. The highest BCUT2D eigenvalue weighted by Gasteiger charge is 2.10. The second kappa shape index (κ2) is 8.57. The van der Waals surface area contributed by atoms with E-state index in [9.17, 15) is 13.6 Å². The minimum absolute atomic E-state index is 0.00513. The summed E-state index contributed by atoms with van der Waals surface area (Å²) >= 11 is 1.48. The highest BCUT2D eigenvalue weighted by Crippen LogP contribution is 2.17. The number of carbonyl (C=O) groups is 1. The van der Waals surface area contributed by atoms with Crippen molar-refractivity contribution in [1.29, 1.82) is 0 Å². The van der Waals surface area contributed by atoms with Gasteiger partial charge < -0.3 is 14.1 Å². The summed E-state index contributed by atoms with van der Waals surface area (Å²) in [5.41, 5.74) is 0.846. The molecule has 0 aliphatic heterocycles. The lowest BCUT2D eigenvalue weighted by Crippen LogP contribution is -2.27. The second-order valence-electron chi connectivity index (χ2n) is 4.84. The Morgan fingerprint density at radius 3 is 2.65 bits per heavy atom. The van der Waals surface area contributed by atoms with Gasteiger partial charge >= 0.3 is 6.61 Å². The number of amides is 1. The quantitative estimate of drug-likeness (QED) is 0.733. The Kier molecular flexibility index (Phi) is 6.46. The van der Waals surface area contributed by atoms with Crippen LogP contribution in [0, 0.1) is 0 Å². The maximum Gasteiger partial charge on any atom is 0.387 e. The number of benzene rings is 1. The Labute approximate surface area is 137 Å². The Balaban J connectivity index is 1.76. The van der Waals surface area contributed by atoms with Gasteiger partial charge in [0, 0.05) is 13.6 Å². The van der Waals surface area contributed by atoms with Crippen LogP contribution in [-0.4, -0.2) is 30.2 Å². The first-order valence-corrected chi connectivity index (χ1v) is 8.08. The zero-order valence-electron chi connectivity index (χ0n) is 12.6. The lowest BCUT2D eigenvalue weighted by Gasteiger charge is -2.17. The number of alkyl halides is 2. The van der Waals surface area contributed by atoms with Gasteiger partial charge in [-0.25, -0.2) is 0 Å². The van der Waals surface area contributed by atoms with Gasteiger partial charge in [0.2, 0.25) is 5.91 Å². The second-order valence-corrected chi connectivity index (χ2v) is 5.83. The van der Waals surface area contributed by atoms with E-state index < -0.39 is 6.61 Å². The average molecular weight is 341 g/mol. The fraction of sp³-hybridized carbons (Fsp3) is 0.312. The fourth-order valence-electron chi connectivity index (χ4n) is 1.88. The number of rotatable bonds is 8. The van der Waals surface area contributed by atoms with Gasteiger partial charge in [0.25, 0.3) is 0 Å². The zero-order valence-corrected chi connectivity index (χ0v) is 13.4. The van der Waals surface area contributed by atoms with Crippen molar-refractivity contribution in [3.63, 3.8) is 0 Å². The number of hydrogen-bond acceptors (Lipinski definition) is 4. The maximum atomic E-state index is 12.1. The highest BCUT2D eigenvalue weighted by atomic mass is 32.2. The van der Waals surface area contributed by atoms with Crippen molar-refractivity contribution in [3.8, 4) is 5.75 Å². The minimum atomic E-state index is -2.84. The molecule has 23 heavy (non-hydrogen) atoms. The van der Waals surface area contributed by atoms with Crippen molar-refractivity contribution in [2.45, 2.75) is 18.9 Å². The van der Waals surface area contributed by atoms with Crippen LogP contribution in [0.5, 0.6) is 5.75 Å². The summed E-state index contributed by atoms with van der Waals surface area (Å²) in [4.78, 5) is 13.6. The van der Waals surface area contributed by atoms with E-state index in [1.54, 1.807) is 30.3 Å². The minimum Gasteiger partial charge on any atom is -0.468 e. The molecule has 0 aliphatic rings. The summed E-state index contributed by atoms with van der Waals surface area (Å²) in [6.45, 7) is -2.42. The van der Waals surface area contributed by atoms with Crippen molar-refractivity contribution in [3.05, 3.63) is 54.0 Å². The van der Waals surface area contributed by atoms with Crippen LogP contribution in [0.4, 0.5) is 8.78 Å². The number of ether oxygens (including phenoxy) is 1. The molecule has 1 amide bonds. The molecule has 4 nitrogen and oxygen atoms in total. The van der Waals surface area contributed by atoms with Gasteiger partial charge in [0.1, 0.15) is 11.5 Å². The third-order valence-corrected chi connectivity index (χ3v) is 3.98. The van der Waals surface area contributed by atoms with Crippen molar-refractivity contribution < 1.29 is 22.7 Å². The van der Waals surface area contributed by atoms with Crippen LogP contribution in [0.15, 0.2) is 47.1 Å². The van der Waals surface area contributed by atoms with Crippen molar-refractivity contribution in [2.24, 2.45) is 0 Å². The number of thioether (sulfide) groups is 1. The molecule has 0 N–H and O–H groups in total. The summed E-state index contributed by atoms with van der Waals surface area (Å²) in [6.07, 6.45) is 1.60. The molecule has 2 rings (SSSR count). The lowest BCUT2D eigenvalue weighted by molar-refractivity contribution is -0.127. The van der Waals surface area contributed by atoms with Crippen LogP contribution in [0.3, 0.4) is 0 Å². The molecule has 124 valence electrons. The fourth-order valence-corrected chi connectivity index (χ4v) is 2.74. The van der Waals surface area contributed by atoms with E-state index in [4.69, 9.17) is 4.42 Å². The van der Waals surface area contributed by atoms with Gasteiger partial charge in [-0.2, -0.15) is 8.78 Å². The van der Waals surface area contributed by atoms with Crippen molar-refractivity contribution in [1.82, 2.24) is 4.90 Å². The van der Waals surface area contributed by atoms with Gasteiger partial charge in [-0.1, -0.05) is 12.1 Å². The van der Waals surface area contributed by atoms with E-state index in [0.29, 0.717) is 18.1 Å². The third kappa shape index (κ3) is 5.94. The van der Waals surface area contributed by atoms with Crippen LogP contribution < -0.4 is 4.74 Å². The van der Waals surface area contributed by atoms with Gasteiger partial charge in [-0.3, -0.25) is 4.79 Å². The van der Waals surface area contributed by atoms with E-state index in [1.807, 2.05) is 12.1 Å². The van der Waals surface area contributed by atoms with Crippen LogP contribution in [0.25, 0.3) is 0 Å². The molecule has 0 aliphatic carbocycles. The summed E-state index contributed by atoms with van der Waals surface area (Å²) in [7, 11) is 1.71. The predicted molar refractivity (Wildman–Crippen MR) is 84.4 cm³/mol. The largest absolute Gasteiger partial charge is 0.468 e. The molecule has 0 spiro atoms. The summed E-state index contributed by atoms with van der Waals surface area (Å²) in [5.74, 6) is 1.93. The molecule has 0 saturated carbocycles. The topological polar surface area (TPSA) is 42.7 Å². The SMILES string of the molecule is CN(Cc1ccc(OC(F)F)cc1)C(=O)CSCc1ccco1. The van der Waals surface area contributed by atoms with Crippen LogP contribution in [-0.2, 0) is 17.1 Å². The van der Waals surface area contributed by atoms with E-state index >= 15 is 0 Å². The Hall–Kier alpha value is -2.02. The molecule has 0 radical (unpaired) electrons. The molecular weight excluding hydrogens is 324 g/mol. The lowest BCUT2D eigenvalue weighted by atomic mass is 10.2. The zero-order chi connectivity index (χ0) is 16.7. The molecule has 0 fully saturated rings. The molecule has 1 aromatic carbocycles. The standard InChI is InChI=1S/C16H17F2NO3S/c1-19(15(20)11-23-10-14-3-2-8-21-14)9-12-4-6-13(7-5-12)22-16(17)18/h2-8,16H,9-11H2,1H3. The normalized spacial score (nSPS) is 10.8. The first kappa shape index (κ1) is 17.3. The number of halogens is 2. The monoisotopic (exact) mass is 341 g/mol. The Morgan fingerprint density at radius 1 is 1.30 bits per heavy atom. The van der Waals surface area contributed by atoms with Crippen LogP contribution in [0.1, 0.15) is 11.3 Å². The Morgan fingerprint density at radius 2 is 2.04 bits per heavy atom. The molecule has 7 heteroatoms. The number of carbonyl (C=O) groups excluding carboxylic acids is 1. The predicted octanol–water partition coefficient (Wildman–Crippen LogP) is 3.77. The molecule has 0 saturated heterocycles. The first-order valence-electron chi connectivity index (χ1n) is 6.92. The molecule has 1 aromatic heterocycles. The van der Waals surface area contributed by atoms with Crippen molar-refractivity contribution >= 4 is 17.7 Å². The van der Waals surface area contributed by atoms with Gasteiger partial charge in [0.15, 0.2) is 0 Å². The Bertz CT molecular complexity index is 602. The third-order valence-electron chi connectivity index (χ3n) is 3.04. The van der Waals surface area contributed by atoms with E-state index in [0.717, 1.165) is 11.3 Å². The summed E-state index contributed by atoms with van der Waals surface area (Å²) < 4.78 is 33.6. The summed E-state index contributed by atoms with van der Waals surface area (Å²) in [6, 6.07) is 9.93. The molecule has 0 bridgehead atoms. The average Bonchev–Trinajstić information content (AvgIpc) is 3.02. The van der Waals surface area contributed by atoms with E-state index in [1.165, 1.54) is 23.9 Å². The number of hydrogen-bond donors (Lipinski definition) is 0. The number of furan rings is 1. The van der Waals surface area contributed by atoms with Gasteiger partial charge in [0.05, 0.1) is 17.8 Å². The summed E-state index contributed by atoms with van der Waals surface area (Å²) in [5, 5.41) is 0. The highest BCUT2D eigenvalue weighted by molar-refractivity contribution is 7.99. The van der Waals surface area contributed by atoms with Gasteiger partial charge in [-0.05, 0) is 29.8 Å². The number of nitrogens with zero attached hydrogens (tertiary/aromatic N) is 1. The molecular formula is C16H17F2NO3S. The molecule has 2 aromatic rings. The van der Waals surface area contributed by atoms with E-state index in [-0.39, 0.29) is 11.7 Å². The van der Waals surface area contributed by atoms with Crippen LogP contribution in [0.2, 0.25) is 0 Å².